The molecule has 0 aliphatic heterocycles. The molecule has 0 atom stereocenters. The Bertz CT molecular complexity index is 1080. The second-order valence-corrected chi connectivity index (χ2v) is 8.85. The van der Waals surface area contributed by atoms with Gasteiger partial charge >= 0.3 is 10.1 Å². The SMILES string of the molecule is Cc1ccc(S(=O)(=O)O/N=C(\C(=O)C(C)C)c2nc3ccccc3s2)cc1. The lowest BCUT2D eigenvalue weighted by atomic mass is 10.1. The number of rotatable bonds is 6. The second-order valence-electron chi connectivity index (χ2n) is 6.29. The fourth-order valence-electron chi connectivity index (χ4n) is 2.27. The largest absolute Gasteiger partial charge is 0.358 e. The number of oxime groups is 1. The molecule has 0 bridgehead atoms. The molecule has 1 heterocycles. The number of aryl methyl sites for hydroxylation is 1. The summed E-state index contributed by atoms with van der Waals surface area (Å²) in [7, 11) is -4.13. The first-order valence-corrected chi connectivity index (χ1v) is 10.5. The van der Waals surface area contributed by atoms with Crippen LogP contribution in [0.25, 0.3) is 10.2 Å². The molecular formula is C19H18N2O4S2. The van der Waals surface area contributed by atoms with Crippen molar-refractivity contribution in [3.63, 3.8) is 0 Å². The highest BCUT2D eigenvalue weighted by Gasteiger charge is 2.24. The molecular weight excluding hydrogens is 384 g/mol. The molecule has 0 N–H and O–H groups in total. The van der Waals surface area contributed by atoms with Crippen LogP contribution in [-0.2, 0) is 19.2 Å². The van der Waals surface area contributed by atoms with Crippen LogP contribution < -0.4 is 0 Å². The van der Waals surface area contributed by atoms with Gasteiger partial charge in [-0.05, 0) is 31.2 Å². The number of para-hydroxylation sites is 1. The summed E-state index contributed by atoms with van der Waals surface area (Å²) < 4.78 is 30.5. The predicted molar refractivity (Wildman–Crippen MR) is 105 cm³/mol. The summed E-state index contributed by atoms with van der Waals surface area (Å²) in [6, 6.07) is 13.6. The van der Waals surface area contributed by atoms with Crippen LogP contribution in [0.2, 0.25) is 0 Å². The summed E-state index contributed by atoms with van der Waals surface area (Å²) in [5.41, 5.74) is 1.53. The summed E-state index contributed by atoms with van der Waals surface area (Å²) in [4.78, 5) is 16.9. The van der Waals surface area contributed by atoms with Gasteiger partial charge in [-0.25, -0.2) is 4.98 Å². The fraction of sp³-hybridized carbons (Fsp3) is 0.211. The molecule has 3 aromatic rings. The van der Waals surface area contributed by atoms with E-state index in [1.807, 2.05) is 31.2 Å². The van der Waals surface area contributed by atoms with Gasteiger partial charge in [0.1, 0.15) is 9.90 Å². The highest BCUT2D eigenvalue weighted by molar-refractivity contribution is 7.86. The number of thiazole rings is 1. The number of hydrogen-bond donors (Lipinski definition) is 0. The van der Waals surface area contributed by atoms with Crippen molar-refractivity contribution < 1.29 is 17.5 Å². The Hall–Kier alpha value is -2.58. The molecule has 6 nitrogen and oxygen atoms in total. The molecule has 0 amide bonds. The van der Waals surface area contributed by atoms with Gasteiger partial charge in [-0.3, -0.25) is 9.08 Å². The van der Waals surface area contributed by atoms with Gasteiger partial charge in [0.05, 0.1) is 10.2 Å². The molecule has 27 heavy (non-hydrogen) atoms. The molecule has 0 aliphatic rings. The number of fused-ring (bicyclic) bond motifs is 1. The van der Waals surface area contributed by atoms with E-state index in [-0.39, 0.29) is 22.3 Å². The summed E-state index contributed by atoms with van der Waals surface area (Å²) in [6.07, 6.45) is 0. The first kappa shape index (κ1) is 19.2. The zero-order chi connectivity index (χ0) is 19.6. The van der Waals surface area contributed by atoms with Crippen LogP contribution in [0.15, 0.2) is 58.6 Å². The van der Waals surface area contributed by atoms with Crippen LogP contribution in [-0.4, -0.2) is 24.9 Å². The molecule has 0 fully saturated rings. The van der Waals surface area contributed by atoms with Crippen molar-refractivity contribution in [3.8, 4) is 0 Å². The number of nitrogens with zero attached hydrogens (tertiary/aromatic N) is 2. The average molecular weight is 402 g/mol. The van der Waals surface area contributed by atoms with Gasteiger partial charge in [-0.2, -0.15) is 8.42 Å². The van der Waals surface area contributed by atoms with Crippen LogP contribution in [0, 0.1) is 12.8 Å². The van der Waals surface area contributed by atoms with Crippen LogP contribution in [0.1, 0.15) is 24.4 Å². The molecule has 2 aromatic carbocycles. The number of carbonyl (C=O) groups excluding carboxylic acids is 1. The van der Waals surface area contributed by atoms with Crippen molar-refractivity contribution in [2.75, 3.05) is 0 Å². The molecule has 8 heteroatoms. The van der Waals surface area contributed by atoms with Gasteiger partial charge in [0.2, 0.25) is 0 Å². The van der Waals surface area contributed by atoms with E-state index in [0.717, 1.165) is 10.3 Å². The number of Topliss-reactive ketones (excluding diaryl/α,β-unsaturated/α-hetero) is 1. The molecule has 1 aromatic heterocycles. The summed E-state index contributed by atoms with van der Waals surface area (Å²) in [6.45, 7) is 5.27. The van der Waals surface area contributed by atoms with E-state index in [4.69, 9.17) is 4.28 Å². The van der Waals surface area contributed by atoms with Gasteiger partial charge in [0.15, 0.2) is 11.5 Å². The molecule has 0 spiro atoms. The summed E-state index contributed by atoms with van der Waals surface area (Å²) in [5.74, 6) is -0.727. The van der Waals surface area contributed by atoms with E-state index in [2.05, 4.69) is 10.1 Å². The average Bonchev–Trinajstić information content (AvgIpc) is 3.05. The fourth-order valence-corrected chi connectivity index (χ4v) is 3.95. The lowest BCUT2D eigenvalue weighted by molar-refractivity contribution is -0.115. The van der Waals surface area contributed by atoms with Crippen molar-refractivity contribution in [1.82, 2.24) is 4.98 Å². The van der Waals surface area contributed by atoms with Crippen LogP contribution in [0.3, 0.4) is 0 Å². The molecule has 140 valence electrons. The van der Waals surface area contributed by atoms with E-state index in [0.29, 0.717) is 10.5 Å². The normalized spacial score (nSPS) is 12.5. The van der Waals surface area contributed by atoms with E-state index >= 15 is 0 Å². The lowest BCUT2D eigenvalue weighted by Crippen LogP contribution is -2.22. The van der Waals surface area contributed by atoms with E-state index in [1.165, 1.54) is 23.5 Å². The number of ketones is 1. The van der Waals surface area contributed by atoms with Crippen molar-refractivity contribution in [2.24, 2.45) is 11.1 Å². The number of aromatic nitrogens is 1. The highest BCUT2D eigenvalue weighted by Crippen LogP contribution is 2.24. The molecule has 0 aliphatic carbocycles. The van der Waals surface area contributed by atoms with Gasteiger partial charge in [0, 0.05) is 5.92 Å². The minimum Gasteiger partial charge on any atom is -0.292 e. The van der Waals surface area contributed by atoms with Crippen molar-refractivity contribution in [1.29, 1.82) is 0 Å². The van der Waals surface area contributed by atoms with Gasteiger partial charge < -0.3 is 0 Å². The lowest BCUT2D eigenvalue weighted by Gasteiger charge is -2.06. The summed E-state index contributed by atoms with van der Waals surface area (Å²) in [5, 5.41) is 4.04. The third kappa shape index (κ3) is 4.23. The van der Waals surface area contributed by atoms with Gasteiger partial charge in [-0.15, -0.1) is 11.3 Å². The van der Waals surface area contributed by atoms with Crippen LogP contribution >= 0.6 is 11.3 Å². The minimum atomic E-state index is -4.13. The van der Waals surface area contributed by atoms with Crippen LogP contribution in [0.5, 0.6) is 0 Å². The Labute approximate surface area is 161 Å². The molecule has 3 rings (SSSR count). The van der Waals surface area contributed by atoms with Crippen molar-refractivity contribution in [2.45, 2.75) is 25.7 Å². The first-order chi connectivity index (χ1) is 12.8. The van der Waals surface area contributed by atoms with Crippen molar-refractivity contribution >= 4 is 43.2 Å². The third-order valence-corrected chi connectivity index (χ3v) is 5.95. The number of benzene rings is 2. The Morgan fingerprint density at radius 1 is 1.11 bits per heavy atom. The Kier molecular flexibility index (Phi) is 5.38. The minimum absolute atomic E-state index is 0.0301. The highest BCUT2D eigenvalue weighted by atomic mass is 32.2. The van der Waals surface area contributed by atoms with E-state index < -0.39 is 10.1 Å². The Morgan fingerprint density at radius 2 is 1.78 bits per heavy atom. The standard InChI is InChI=1S/C19H18N2O4S2/c1-12(2)18(22)17(19-20-15-6-4-5-7-16(15)26-19)21-25-27(23,24)14-10-8-13(3)9-11-14/h4-12H,1-3H3/b21-17+. The quantitative estimate of drug-likeness (QED) is 0.460. The Balaban J connectivity index is 2.00. The molecule has 0 radical (unpaired) electrons. The molecule has 0 saturated carbocycles. The smallest absolute Gasteiger partial charge is 0.292 e. The maximum Gasteiger partial charge on any atom is 0.358 e. The topological polar surface area (TPSA) is 85.7 Å². The monoisotopic (exact) mass is 402 g/mol. The van der Waals surface area contributed by atoms with Crippen LogP contribution in [0.4, 0.5) is 0 Å². The first-order valence-electron chi connectivity index (χ1n) is 8.26. The zero-order valence-corrected chi connectivity index (χ0v) is 16.7. The molecule has 0 unspecified atom stereocenters. The number of carbonyl (C=O) groups is 1. The third-order valence-electron chi connectivity index (χ3n) is 3.79. The maximum absolute atomic E-state index is 12.6. The van der Waals surface area contributed by atoms with Gasteiger partial charge in [0.25, 0.3) is 0 Å². The zero-order valence-electron chi connectivity index (χ0n) is 15.0. The van der Waals surface area contributed by atoms with Gasteiger partial charge in [-0.1, -0.05) is 48.8 Å². The Morgan fingerprint density at radius 3 is 2.41 bits per heavy atom. The summed E-state index contributed by atoms with van der Waals surface area (Å²) >= 11 is 1.26. The molecule has 0 saturated heterocycles. The van der Waals surface area contributed by atoms with E-state index in [1.54, 1.807) is 26.0 Å². The number of hydrogen-bond acceptors (Lipinski definition) is 7. The van der Waals surface area contributed by atoms with Crippen molar-refractivity contribution in [3.05, 3.63) is 59.1 Å². The second kappa shape index (κ2) is 7.58. The predicted octanol–water partition coefficient (Wildman–Crippen LogP) is 3.94. The van der Waals surface area contributed by atoms with E-state index in [9.17, 15) is 13.2 Å². The maximum atomic E-state index is 12.6.